The third-order valence-electron chi connectivity index (χ3n) is 2.69. The normalized spacial score (nSPS) is 13.7. The summed E-state index contributed by atoms with van der Waals surface area (Å²) >= 11 is 0. The van der Waals surface area contributed by atoms with E-state index in [1.54, 1.807) is 0 Å². The molecular formula is C12H29N3O. The van der Waals surface area contributed by atoms with Gasteiger partial charge in [-0.1, -0.05) is 6.92 Å². The van der Waals surface area contributed by atoms with Gasteiger partial charge in [0.2, 0.25) is 0 Å². The van der Waals surface area contributed by atoms with Crippen molar-refractivity contribution >= 4 is 0 Å². The third kappa shape index (κ3) is 9.09. The lowest BCUT2D eigenvalue weighted by molar-refractivity contribution is 0.212. The Kier molecular flexibility index (Phi) is 9.92. The summed E-state index contributed by atoms with van der Waals surface area (Å²) in [7, 11) is 6.32. The molecule has 0 amide bonds. The molecule has 1 atom stereocenters. The van der Waals surface area contributed by atoms with Gasteiger partial charge in [-0.15, -0.1) is 0 Å². The molecule has 0 radical (unpaired) electrons. The van der Waals surface area contributed by atoms with Crippen LogP contribution in [0.25, 0.3) is 0 Å². The molecule has 4 heteroatoms. The summed E-state index contributed by atoms with van der Waals surface area (Å²) in [5.41, 5.74) is 0. The van der Waals surface area contributed by atoms with E-state index < -0.39 is 0 Å². The fraction of sp³-hybridized carbons (Fsp3) is 1.00. The van der Waals surface area contributed by atoms with Crippen molar-refractivity contribution < 1.29 is 5.11 Å². The average molecular weight is 231 g/mol. The first kappa shape index (κ1) is 15.8. The summed E-state index contributed by atoms with van der Waals surface area (Å²) in [6.07, 6.45) is 2.13. The molecule has 16 heavy (non-hydrogen) atoms. The Morgan fingerprint density at radius 3 is 2.31 bits per heavy atom. The predicted octanol–water partition coefficient (Wildman–Crippen LogP) is 0.230. The smallest absolute Gasteiger partial charge is 0.0585 e. The average Bonchev–Trinajstić information content (AvgIpc) is 2.26. The molecule has 0 aromatic heterocycles. The van der Waals surface area contributed by atoms with Crippen LogP contribution in [0.1, 0.15) is 19.8 Å². The molecule has 0 bridgehead atoms. The Morgan fingerprint density at radius 2 is 1.81 bits per heavy atom. The maximum atomic E-state index is 9.19. The van der Waals surface area contributed by atoms with Gasteiger partial charge in [-0.2, -0.15) is 0 Å². The first-order valence-electron chi connectivity index (χ1n) is 6.27. The molecule has 0 rings (SSSR count). The number of likely N-dealkylation sites (N-methyl/N-ethyl adjacent to an activating group) is 2. The van der Waals surface area contributed by atoms with Crippen LogP contribution in [0, 0.1) is 0 Å². The van der Waals surface area contributed by atoms with Crippen LogP contribution in [0.5, 0.6) is 0 Å². The van der Waals surface area contributed by atoms with Gasteiger partial charge in [-0.3, -0.25) is 0 Å². The largest absolute Gasteiger partial charge is 0.395 e. The summed E-state index contributed by atoms with van der Waals surface area (Å²) in [4.78, 5) is 4.51. The van der Waals surface area contributed by atoms with Crippen molar-refractivity contribution in [3.8, 4) is 0 Å². The van der Waals surface area contributed by atoms with E-state index in [2.05, 4.69) is 43.2 Å². The van der Waals surface area contributed by atoms with Crippen molar-refractivity contribution in [2.75, 3.05) is 53.9 Å². The first-order chi connectivity index (χ1) is 7.60. The number of nitrogens with zero attached hydrogens (tertiary/aromatic N) is 2. The fourth-order valence-electron chi connectivity index (χ4n) is 1.47. The standard InChI is InChI=1S/C12H29N3O/c1-5-7-13-12(11-16)6-8-15(4)10-9-14(2)3/h12-13,16H,5-11H2,1-4H3. The highest BCUT2D eigenvalue weighted by Gasteiger charge is 2.07. The van der Waals surface area contributed by atoms with E-state index in [4.69, 9.17) is 0 Å². The maximum absolute atomic E-state index is 9.19. The Hall–Kier alpha value is -0.160. The van der Waals surface area contributed by atoms with Crippen molar-refractivity contribution in [3.63, 3.8) is 0 Å². The van der Waals surface area contributed by atoms with E-state index in [-0.39, 0.29) is 12.6 Å². The van der Waals surface area contributed by atoms with Gasteiger partial charge in [0.05, 0.1) is 6.61 Å². The highest BCUT2D eigenvalue weighted by molar-refractivity contribution is 4.67. The van der Waals surface area contributed by atoms with Crippen LogP contribution in [-0.2, 0) is 0 Å². The van der Waals surface area contributed by atoms with Crippen molar-refractivity contribution in [2.45, 2.75) is 25.8 Å². The molecule has 98 valence electrons. The molecule has 0 aliphatic rings. The highest BCUT2D eigenvalue weighted by atomic mass is 16.3. The molecule has 0 aliphatic heterocycles. The van der Waals surface area contributed by atoms with E-state index in [0.29, 0.717) is 0 Å². The van der Waals surface area contributed by atoms with Crippen molar-refractivity contribution in [3.05, 3.63) is 0 Å². The van der Waals surface area contributed by atoms with E-state index >= 15 is 0 Å². The summed E-state index contributed by atoms with van der Waals surface area (Å²) in [5.74, 6) is 0. The second-order valence-electron chi connectivity index (χ2n) is 4.73. The van der Waals surface area contributed by atoms with Crippen molar-refractivity contribution in [1.82, 2.24) is 15.1 Å². The molecule has 4 nitrogen and oxygen atoms in total. The Morgan fingerprint density at radius 1 is 1.12 bits per heavy atom. The molecule has 1 unspecified atom stereocenters. The van der Waals surface area contributed by atoms with Crippen LogP contribution in [-0.4, -0.2) is 74.9 Å². The quantitative estimate of drug-likeness (QED) is 0.564. The third-order valence-corrected chi connectivity index (χ3v) is 2.69. The number of aliphatic hydroxyl groups excluding tert-OH is 1. The molecule has 0 spiro atoms. The van der Waals surface area contributed by atoms with E-state index in [1.807, 2.05) is 0 Å². The minimum Gasteiger partial charge on any atom is -0.395 e. The van der Waals surface area contributed by atoms with E-state index in [1.165, 1.54) is 0 Å². The lowest BCUT2D eigenvalue weighted by atomic mass is 10.2. The van der Waals surface area contributed by atoms with Gasteiger partial charge >= 0.3 is 0 Å². The topological polar surface area (TPSA) is 38.7 Å². The summed E-state index contributed by atoms with van der Waals surface area (Å²) in [6, 6.07) is 0.252. The summed E-state index contributed by atoms with van der Waals surface area (Å²) < 4.78 is 0. The zero-order valence-electron chi connectivity index (χ0n) is 11.4. The number of aliphatic hydroxyl groups is 1. The Bertz CT molecular complexity index is 153. The Balaban J connectivity index is 3.57. The Labute approximate surface area is 101 Å². The highest BCUT2D eigenvalue weighted by Crippen LogP contribution is 1.95. The molecular weight excluding hydrogens is 202 g/mol. The van der Waals surface area contributed by atoms with E-state index in [0.717, 1.165) is 39.0 Å². The van der Waals surface area contributed by atoms with Crippen LogP contribution in [0.15, 0.2) is 0 Å². The second kappa shape index (κ2) is 10.0. The minimum atomic E-state index is 0.238. The monoisotopic (exact) mass is 231 g/mol. The second-order valence-corrected chi connectivity index (χ2v) is 4.73. The lowest BCUT2D eigenvalue weighted by Gasteiger charge is -2.22. The fourth-order valence-corrected chi connectivity index (χ4v) is 1.47. The van der Waals surface area contributed by atoms with Gasteiger partial charge in [-0.05, 0) is 47.1 Å². The molecule has 0 aliphatic carbocycles. The number of rotatable bonds is 10. The van der Waals surface area contributed by atoms with Crippen LogP contribution < -0.4 is 5.32 Å². The molecule has 0 aromatic carbocycles. The van der Waals surface area contributed by atoms with Crippen LogP contribution in [0.4, 0.5) is 0 Å². The molecule has 0 fully saturated rings. The van der Waals surface area contributed by atoms with Gasteiger partial charge in [0.15, 0.2) is 0 Å². The molecule has 0 saturated carbocycles. The van der Waals surface area contributed by atoms with Gasteiger partial charge in [0.1, 0.15) is 0 Å². The lowest BCUT2D eigenvalue weighted by Crippen LogP contribution is -2.37. The molecule has 0 aromatic rings. The van der Waals surface area contributed by atoms with Crippen molar-refractivity contribution in [2.24, 2.45) is 0 Å². The first-order valence-corrected chi connectivity index (χ1v) is 6.27. The summed E-state index contributed by atoms with van der Waals surface area (Å²) in [6.45, 7) is 6.58. The van der Waals surface area contributed by atoms with Crippen LogP contribution >= 0.6 is 0 Å². The van der Waals surface area contributed by atoms with E-state index in [9.17, 15) is 5.11 Å². The predicted molar refractivity (Wildman–Crippen MR) is 69.8 cm³/mol. The number of hydrogen-bond donors (Lipinski definition) is 2. The van der Waals surface area contributed by atoms with Gasteiger partial charge in [0.25, 0.3) is 0 Å². The molecule has 2 N–H and O–H groups in total. The SMILES string of the molecule is CCCNC(CO)CCN(C)CCN(C)C. The van der Waals surface area contributed by atoms with Crippen LogP contribution in [0.3, 0.4) is 0 Å². The van der Waals surface area contributed by atoms with Crippen molar-refractivity contribution in [1.29, 1.82) is 0 Å². The molecule has 0 heterocycles. The zero-order valence-corrected chi connectivity index (χ0v) is 11.4. The van der Waals surface area contributed by atoms with Crippen LogP contribution in [0.2, 0.25) is 0 Å². The maximum Gasteiger partial charge on any atom is 0.0585 e. The summed E-state index contributed by atoms with van der Waals surface area (Å²) in [5, 5.41) is 12.5. The zero-order chi connectivity index (χ0) is 12.4. The number of hydrogen-bond acceptors (Lipinski definition) is 4. The molecule has 0 saturated heterocycles. The van der Waals surface area contributed by atoms with Gasteiger partial charge < -0.3 is 20.2 Å². The number of nitrogens with one attached hydrogen (secondary N) is 1. The van der Waals surface area contributed by atoms with Gasteiger partial charge in [-0.25, -0.2) is 0 Å². The minimum absolute atomic E-state index is 0.238. The van der Waals surface area contributed by atoms with Gasteiger partial charge in [0, 0.05) is 19.1 Å².